The molecule has 0 bridgehead atoms. The lowest BCUT2D eigenvalue weighted by Gasteiger charge is -2.45. The summed E-state index contributed by atoms with van der Waals surface area (Å²) in [5.41, 5.74) is 2.60. The number of hydrogen-bond donors (Lipinski definition) is 0. The third-order valence-electron chi connectivity index (χ3n) is 7.22. The Balaban J connectivity index is 1.75. The lowest BCUT2D eigenvalue weighted by atomic mass is 9.78. The average Bonchev–Trinajstić information content (AvgIpc) is 2.87. The molecule has 172 valence electrons. The molecule has 1 heterocycles. The molecule has 4 rings (SSSR count). The van der Waals surface area contributed by atoms with Gasteiger partial charge in [-0.05, 0) is 28.5 Å². The second kappa shape index (κ2) is 11.5. The number of benzene rings is 3. The minimum absolute atomic E-state index is 0.0336. The first kappa shape index (κ1) is 24.9. The van der Waals surface area contributed by atoms with E-state index in [4.69, 9.17) is 13.3 Å². The van der Waals surface area contributed by atoms with Crippen molar-refractivity contribution in [2.24, 2.45) is 17.8 Å². The maximum absolute atomic E-state index is 7.04. The molecule has 3 aromatic carbocycles. The van der Waals surface area contributed by atoms with Crippen LogP contribution < -0.4 is 0 Å². The third kappa shape index (κ3) is 5.24. The first-order chi connectivity index (χ1) is 16.1. The number of hydrogen-bond acceptors (Lipinski definition) is 3. The van der Waals surface area contributed by atoms with Gasteiger partial charge in [-0.25, -0.2) is 0 Å². The van der Waals surface area contributed by atoms with Crippen LogP contribution in [0, 0.1) is 17.8 Å². The fourth-order valence-electron chi connectivity index (χ4n) is 4.91. The van der Waals surface area contributed by atoms with Gasteiger partial charge in [-0.3, -0.25) is 0 Å². The van der Waals surface area contributed by atoms with Crippen LogP contribution in [0.2, 0.25) is 0 Å². The topological polar surface area (TPSA) is 27.7 Å². The highest BCUT2D eigenvalue weighted by Gasteiger charge is 2.43. The third-order valence-corrected chi connectivity index (χ3v) is 8.75. The lowest BCUT2D eigenvalue weighted by molar-refractivity contribution is -0.229. The Kier molecular flexibility index (Phi) is 8.67. The van der Waals surface area contributed by atoms with Crippen molar-refractivity contribution in [3.05, 3.63) is 108 Å². The van der Waals surface area contributed by atoms with E-state index in [0.717, 1.165) is 16.7 Å². The average molecular weight is 570 g/mol. The molecule has 0 spiro atoms. The van der Waals surface area contributed by atoms with Crippen LogP contribution in [-0.4, -0.2) is 31.3 Å². The molecule has 33 heavy (non-hydrogen) atoms. The molecule has 1 aliphatic heterocycles. The van der Waals surface area contributed by atoms with Crippen LogP contribution >= 0.6 is 20.3 Å². The summed E-state index contributed by atoms with van der Waals surface area (Å²) in [5.74, 6) is 1.24. The van der Waals surface area contributed by atoms with E-state index in [1.165, 1.54) is 0 Å². The van der Waals surface area contributed by atoms with E-state index in [9.17, 15) is 0 Å². The van der Waals surface area contributed by atoms with E-state index in [1.807, 2.05) is 0 Å². The standard InChI is InChI=1S/C28H31O3.Al.HI.H/c1-20-21(2)26(31-27(29)22(20)3)19-30-28(23-13-7-4-8-14-23,24-15-9-5-10-16-24)25-17-11-6-12-18-25;;;/h4-18,20-22,26-27H,19H2,1-3H3;;1H;/q-1;+2;;/p-1/t20-,21+,22?,26?,27-;;;/m0.../s1. The molecule has 0 radical (unpaired) electrons. The monoisotopic (exact) mass is 570 g/mol. The molecule has 5 heteroatoms. The lowest BCUT2D eigenvalue weighted by Crippen LogP contribution is -2.49. The zero-order chi connectivity index (χ0) is 23.3. The first-order valence-corrected chi connectivity index (χ1v) is 17.4. The molecule has 0 saturated carbocycles. The van der Waals surface area contributed by atoms with E-state index in [-0.39, 0.29) is 12.4 Å². The van der Waals surface area contributed by atoms with Gasteiger partial charge in [0.05, 0.1) is 12.7 Å². The molecular weight excluding hydrogens is 538 g/mol. The Morgan fingerprint density at radius 2 is 1.18 bits per heavy atom. The summed E-state index contributed by atoms with van der Waals surface area (Å²) in [7, 11) is 0. The van der Waals surface area contributed by atoms with Crippen molar-refractivity contribution in [2.45, 2.75) is 38.8 Å². The minimum atomic E-state index is -0.729. The van der Waals surface area contributed by atoms with Gasteiger partial charge in [-0.2, -0.15) is 20.3 Å². The molecular formula is C28H32AlIO3. The van der Waals surface area contributed by atoms with Crippen molar-refractivity contribution < 1.29 is 13.3 Å². The van der Waals surface area contributed by atoms with Crippen LogP contribution in [-0.2, 0) is 18.9 Å². The van der Waals surface area contributed by atoms with Gasteiger partial charge in [0.25, 0.3) is 0 Å². The van der Waals surface area contributed by atoms with Gasteiger partial charge in [0, 0.05) is 5.92 Å². The highest BCUT2D eigenvalue weighted by atomic mass is 127. The number of halogens is 1. The Labute approximate surface area is 215 Å². The highest BCUT2D eigenvalue weighted by molar-refractivity contribution is 14.1. The van der Waals surface area contributed by atoms with E-state index in [2.05, 4.69) is 132 Å². The summed E-state index contributed by atoms with van der Waals surface area (Å²) >= 11 is 1.79. The SMILES string of the molecule is CC1[C@@H]([O][AlH][I])OC(COC(c2ccccc2)(c2ccccc2)c2ccccc2)[C@H](C)[C@@H]1C. The largest absolute Gasteiger partial charge is 0.527 e. The summed E-state index contributed by atoms with van der Waals surface area (Å²) in [6.07, 6.45) is -0.179. The Bertz CT molecular complexity index is 889. The van der Waals surface area contributed by atoms with Crippen molar-refractivity contribution in [3.8, 4) is 0 Å². The van der Waals surface area contributed by atoms with Crippen molar-refractivity contribution in [1.82, 2.24) is 0 Å². The normalized spacial score (nSPS) is 25.5. The predicted octanol–water partition coefficient (Wildman–Crippen LogP) is 6.35. The molecule has 2 unspecified atom stereocenters. The van der Waals surface area contributed by atoms with Crippen LogP contribution in [0.5, 0.6) is 0 Å². The summed E-state index contributed by atoms with van der Waals surface area (Å²) < 4.78 is 19.6. The van der Waals surface area contributed by atoms with Crippen LogP contribution in [0.3, 0.4) is 0 Å². The second-order valence-corrected chi connectivity index (χ2v) is 11.4. The van der Waals surface area contributed by atoms with Gasteiger partial charge >= 0.3 is 12.3 Å². The quantitative estimate of drug-likeness (QED) is 0.180. The zero-order valence-electron chi connectivity index (χ0n) is 19.6. The molecule has 1 saturated heterocycles. The Morgan fingerprint density at radius 1 is 0.727 bits per heavy atom. The van der Waals surface area contributed by atoms with Gasteiger partial charge in [-0.15, -0.1) is 0 Å². The van der Waals surface area contributed by atoms with Gasteiger partial charge in [0.15, 0.2) is 0 Å². The van der Waals surface area contributed by atoms with E-state index in [1.54, 1.807) is 0 Å². The Hall–Kier alpha value is -1.20. The summed E-state index contributed by atoms with van der Waals surface area (Å²) in [6.45, 7) is 7.32. The fourth-order valence-corrected chi connectivity index (χ4v) is 6.47. The molecule has 1 fully saturated rings. The molecule has 0 amide bonds. The molecule has 3 nitrogen and oxygen atoms in total. The maximum Gasteiger partial charge on any atom is 0.527 e. The van der Waals surface area contributed by atoms with E-state index >= 15 is 0 Å². The van der Waals surface area contributed by atoms with Crippen LogP contribution in [0.1, 0.15) is 37.5 Å². The van der Waals surface area contributed by atoms with E-state index in [0.29, 0.717) is 24.4 Å². The Morgan fingerprint density at radius 3 is 1.61 bits per heavy atom. The van der Waals surface area contributed by atoms with Crippen LogP contribution in [0.4, 0.5) is 0 Å². The molecule has 5 atom stereocenters. The van der Waals surface area contributed by atoms with Crippen molar-refractivity contribution in [1.29, 1.82) is 0 Å². The second-order valence-electron chi connectivity index (χ2n) is 8.99. The molecule has 0 aliphatic carbocycles. The van der Waals surface area contributed by atoms with Crippen molar-refractivity contribution in [2.75, 3.05) is 6.61 Å². The minimum Gasteiger partial charge on any atom is -0.472 e. The number of rotatable bonds is 8. The summed E-state index contributed by atoms with van der Waals surface area (Å²) in [4.78, 5) is 0. The van der Waals surface area contributed by atoms with Gasteiger partial charge in [0.2, 0.25) is 0 Å². The van der Waals surface area contributed by atoms with E-state index < -0.39 is 17.9 Å². The molecule has 1 aliphatic rings. The first-order valence-electron chi connectivity index (χ1n) is 11.7. The summed E-state index contributed by atoms with van der Waals surface area (Å²) in [5, 5.41) is 0. The van der Waals surface area contributed by atoms with Gasteiger partial charge in [-0.1, -0.05) is 112 Å². The van der Waals surface area contributed by atoms with Crippen LogP contribution in [0.25, 0.3) is 0 Å². The zero-order valence-corrected chi connectivity index (χ0v) is 23.1. The smallest absolute Gasteiger partial charge is 0.472 e. The fraction of sp³-hybridized carbons (Fsp3) is 0.357. The molecule has 0 aromatic heterocycles. The van der Waals surface area contributed by atoms with Gasteiger partial charge in [0.1, 0.15) is 11.9 Å². The van der Waals surface area contributed by atoms with Crippen molar-refractivity contribution in [3.63, 3.8) is 0 Å². The molecule has 3 aromatic rings. The highest BCUT2D eigenvalue weighted by Crippen LogP contribution is 2.42. The van der Waals surface area contributed by atoms with Crippen molar-refractivity contribution >= 4 is 32.5 Å². The number of ether oxygens (including phenoxy) is 2. The van der Waals surface area contributed by atoms with Gasteiger partial charge < -0.3 is 13.3 Å². The summed E-state index contributed by atoms with van der Waals surface area (Å²) in [6, 6.07) is 31.6. The predicted molar refractivity (Wildman–Crippen MR) is 144 cm³/mol. The van der Waals surface area contributed by atoms with Crippen LogP contribution in [0.15, 0.2) is 91.0 Å². The molecule has 0 N–H and O–H groups in total. The maximum atomic E-state index is 7.04.